The minimum atomic E-state index is 0.711. The number of aryl methyl sites for hydroxylation is 1. The second-order valence-corrected chi connectivity index (χ2v) is 5.32. The van der Waals surface area contributed by atoms with Crippen molar-refractivity contribution in [1.82, 2.24) is 9.36 Å². The van der Waals surface area contributed by atoms with Crippen LogP contribution in [0, 0.1) is 0 Å². The Bertz CT molecular complexity index is 468. The number of benzene rings is 1. The number of alkyl halides is 1. The summed E-state index contributed by atoms with van der Waals surface area (Å²) in [6.45, 7) is 0. The first-order valence-corrected chi connectivity index (χ1v) is 7.12. The molecule has 0 unspecified atom stereocenters. The molecular formula is C12H12Cl2N2S. The predicted octanol–water partition coefficient (Wildman–Crippen LogP) is 4.42. The van der Waals surface area contributed by atoms with Crippen molar-refractivity contribution in [3.8, 4) is 11.4 Å². The van der Waals surface area contributed by atoms with Crippen molar-refractivity contribution in [2.45, 2.75) is 19.3 Å². The number of halogens is 2. The van der Waals surface area contributed by atoms with Crippen molar-refractivity contribution in [1.29, 1.82) is 0 Å². The van der Waals surface area contributed by atoms with Crippen molar-refractivity contribution < 1.29 is 0 Å². The number of hydrogen-bond acceptors (Lipinski definition) is 3. The molecule has 0 N–H and O–H groups in total. The molecule has 1 heterocycles. The molecule has 2 aromatic rings. The van der Waals surface area contributed by atoms with Gasteiger partial charge < -0.3 is 0 Å². The van der Waals surface area contributed by atoms with Crippen molar-refractivity contribution in [3.05, 3.63) is 34.3 Å². The molecule has 2 rings (SSSR count). The second-order valence-electron chi connectivity index (χ2n) is 3.66. The molecule has 1 aromatic heterocycles. The first kappa shape index (κ1) is 12.8. The van der Waals surface area contributed by atoms with Crippen LogP contribution >= 0.6 is 34.7 Å². The average molecular weight is 287 g/mol. The average Bonchev–Trinajstić information content (AvgIpc) is 2.79. The van der Waals surface area contributed by atoms with Gasteiger partial charge >= 0.3 is 0 Å². The molecular weight excluding hydrogens is 275 g/mol. The van der Waals surface area contributed by atoms with Crippen molar-refractivity contribution in [2.75, 3.05) is 5.88 Å². The summed E-state index contributed by atoms with van der Waals surface area (Å²) in [6.07, 6.45) is 3.05. The minimum Gasteiger partial charge on any atom is -0.220 e. The van der Waals surface area contributed by atoms with Gasteiger partial charge in [0.1, 0.15) is 5.01 Å². The quantitative estimate of drug-likeness (QED) is 0.601. The highest BCUT2D eigenvalue weighted by molar-refractivity contribution is 7.05. The van der Waals surface area contributed by atoms with Gasteiger partial charge in [0.15, 0.2) is 5.82 Å². The predicted molar refractivity (Wildman–Crippen MR) is 74.0 cm³/mol. The van der Waals surface area contributed by atoms with Gasteiger partial charge in [-0.15, -0.1) is 11.6 Å². The molecule has 5 heteroatoms. The molecule has 0 atom stereocenters. The van der Waals surface area contributed by atoms with Gasteiger partial charge in [-0.1, -0.05) is 11.6 Å². The molecule has 90 valence electrons. The van der Waals surface area contributed by atoms with E-state index in [4.69, 9.17) is 23.2 Å². The van der Waals surface area contributed by atoms with E-state index < -0.39 is 0 Å². The van der Waals surface area contributed by atoms with Gasteiger partial charge in [-0.3, -0.25) is 0 Å². The van der Waals surface area contributed by atoms with Crippen LogP contribution < -0.4 is 0 Å². The van der Waals surface area contributed by atoms with Gasteiger partial charge in [-0.2, -0.15) is 4.37 Å². The van der Waals surface area contributed by atoms with Crippen LogP contribution in [0.2, 0.25) is 5.02 Å². The van der Waals surface area contributed by atoms with E-state index in [9.17, 15) is 0 Å². The second kappa shape index (κ2) is 6.34. The molecule has 0 fully saturated rings. The molecule has 0 saturated carbocycles. The first-order chi connectivity index (χ1) is 8.29. The molecule has 0 saturated heterocycles. The Balaban J connectivity index is 2.04. The summed E-state index contributed by atoms with van der Waals surface area (Å²) in [5.41, 5.74) is 1.01. The standard InChI is InChI=1S/C12H12Cl2N2S/c13-8-2-1-3-11-15-12(16-17-11)9-4-6-10(14)7-5-9/h4-7H,1-3,8H2. The zero-order valence-electron chi connectivity index (χ0n) is 9.20. The molecule has 0 amide bonds. The van der Waals surface area contributed by atoms with Crippen LogP contribution in [-0.2, 0) is 6.42 Å². The highest BCUT2D eigenvalue weighted by atomic mass is 35.5. The van der Waals surface area contributed by atoms with Crippen LogP contribution in [0.15, 0.2) is 24.3 Å². The van der Waals surface area contributed by atoms with Gasteiger partial charge in [0.05, 0.1) is 0 Å². The van der Waals surface area contributed by atoms with Crippen LogP contribution in [0.25, 0.3) is 11.4 Å². The summed E-state index contributed by atoms with van der Waals surface area (Å²) in [5.74, 6) is 1.50. The highest BCUT2D eigenvalue weighted by Gasteiger charge is 2.06. The Morgan fingerprint density at radius 2 is 1.88 bits per heavy atom. The summed E-state index contributed by atoms with van der Waals surface area (Å²) in [4.78, 5) is 4.50. The summed E-state index contributed by atoms with van der Waals surface area (Å²) in [6, 6.07) is 7.58. The van der Waals surface area contributed by atoms with Crippen LogP contribution in [0.3, 0.4) is 0 Å². The highest BCUT2D eigenvalue weighted by Crippen LogP contribution is 2.21. The lowest BCUT2D eigenvalue weighted by atomic mass is 10.2. The molecule has 0 bridgehead atoms. The van der Waals surface area contributed by atoms with Crippen molar-refractivity contribution in [2.24, 2.45) is 0 Å². The van der Waals surface area contributed by atoms with Gasteiger partial charge in [0, 0.05) is 22.9 Å². The molecule has 0 aliphatic carbocycles. The fourth-order valence-electron chi connectivity index (χ4n) is 1.44. The first-order valence-electron chi connectivity index (χ1n) is 5.44. The van der Waals surface area contributed by atoms with Crippen molar-refractivity contribution >= 4 is 34.7 Å². The van der Waals surface area contributed by atoms with E-state index >= 15 is 0 Å². The smallest absolute Gasteiger partial charge is 0.173 e. The minimum absolute atomic E-state index is 0.711. The van der Waals surface area contributed by atoms with Crippen LogP contribution in [0.1, 0.15) is 17.8 Å². The van der Waals surface area contributed by atoms with E-state index in [1.165, 1.54) is 11.5 Å². The molecule has 0 radical (unpaired) electrons. The normalized spacial score (nSPS) is 10.7. The third-order valence-electron chi connectivity index (χ3n) is 2.34. The fourth-order valence-corrected chi connectivity index (χ4v) is 2.46. The van der Waals surface area contributed by atoms with E-state index in [0.717, 1.165) is 40.7 Å². The Labute approximate surface area is 115 Å². The lowest BCUT2D eigenvalue weighted by Gasteiger charge is -1.95. The van der Waals surface area contributed by atoms with Crippen molar-refractivity contribution in [3.63, 3.8) is 0 Å². The van der Waals surface area contributed by atoms with Crippen LogP contribution in [0.5, 0.6) is 0 Å². The van der Waals surface area contributed by atoms with Crippen LogP contribution in [-0.4, -0.2) is 15.2 Å². The SMILES string of the molecule is ClCCCCc1nc(-c2ccc(Cl)cc2)ns1. The van der Waals surface area contributed by atoms with Gasteiger partial charge in [-0.25, -0.2) is 4.98 Å². The molecule has 1 aromatic carbocycles. The Morgan fingerprint density at radius 3 is 2.59 bits per heavy atom. The molecule has 0 aliphatic heterocycles. The summed E-state index contributed by atoms with van der Waals surface area (Å²) in [7, 11) is 0. The molecule has 0 spiro atoms. The Hall–Kier alpha value is -0.640. The number of nitrogens with zero attached hydrogens (tertiary/aromatic N) is 2. The van der Waals surface area contributed by atoms with Gasteiger partial charge in [-0.05, 0) is 48.6 Å². The van der Waals surface area contributed by atoms with E-state index in [0.29, 0.717) is 5.88 Å². The number of unbranched alkanes of at least 4 members (excludes halogenated alkanes) is 1. The van der Waals surface area contributed by atoms with E-state index in [1.807, 2.05) is 24.3 Å². The Morgan fingerprint density at radius 1 is 1.12 bits per heavy atom. The molecule has 17 heavy (non-hydrogen) atoms. The van der Waals surface area contributed by atoms with Gasteiger partial charge in [0.2, 0.25) is 0 Å². The summed E-state index contributed by atoms with van der Waals surface area (Å²) >= 11 is 12.9. The topological polar surface area (TPSA) is 25.8 Å². The maximum Gasteiger partial charge on any atom is 0.173 e. The van der Waals surface area contributed by atoms with Crippen LogP contribution in [0.4, 0.5) is 0 Å². The Kier molecular flexibility index (Phi) is 4.77. The molecule has 2 nitrogen and oxygen atoms in total. The third-order valence-corrected chi connectivity index (χ3v) is 3.63. The zero-order valence-corrected chi connectivity index (χ0v) is 11.5. The number of hydrogen-bond donors (Lipinski definition) is 0. The number of aromatic nitrogens is 2. The third kappa shape index (κ3) is 3.66. The van der Waals surface area contributed by atoms with Gasteiger partial charge in [0.25, 0.3) is 0 Å². The number of rotatable bonds is 5. The van der Waals surface area contributed by atoms with E-state index in [1.54, 1.807) is 0 Å². The zero-order chi connectivity index (χ0) is 12.1. The fraction of sp³-hybridized carbons (Fsp3) is 0.333. The largest absolute Gasteiger partial charge is 0.220 e. The maximum absolute atomic E-state index is 5.84. The summed E-state index contributed by atoms with van der Waals surface area (Å²) < 4.78 is 4.35. The summed E-state index contributed by atoms with van der Waals surface area (Å²) in [5, 5.41) is 1.80. The maximum atomic E-state index is 5.84. The van der Waals surface area contributed by atoms with E-state index in [2.05, 4.69) is 9.36 Å². The van der Waals surface area contributed by atoms with E-state index in [-0.39, 0.29) is 0 Å². The monoisotopic (exact) mass is 286 g/mol. The molecule has 0 aliphatic rings. The lowest BCUT2D eigenvalue weighted by molar-refractivity contribution is 0.795. The lowest BCUT2D eigenvalue weighted by Crippen LogP contribution is -1.86.